The Hall–Kier alpha value is -2.37. The number of benzene rings is 1. The summed E-state index contributed by atoms with van der Waals surface area (Å²) in [6.45, 7) is 2.34. The minimum atomic E-state index is -0.435. The number of hydrogen-bond acceptors (Lipinski definition) is 4. The Bertz CT molecular complexity index is 600. The Kier molecular flexibility index (Phi) is 5.73. The Balaban J connectivity index is 2.06. The van der Waals surface area contributed by atoms with Gasteiger partial charge in [-0.15, -0.1) is 0 Å². The lowest BCUT2D eigenvalue weighted by Gasteiger charge is -2.17. The topological polar surface area (TPSA) is 75.7 Å². The molecule has 1 fully saturated rings. The van der Waals surface area contributed by atoms with Crippen LogP contribution >= 0.6 is 0 Å². The molecule has 6 heteroatoms. The van der Waals surface area contributed by atoms with Crippen LogP contribution in [-0.2, 0) is 19.1 Å². The highest BCUT2D eigenvalue weighted by Gasteiger charge is 2.35. The molecule has 1 heterocycles. The SMILES string of the molecule is CCCCC(=O)Nc1cccc(N2C[C@@H](C(=O)OC)CC2=O)c1. The van der Waals surface area contributed by atoms with Crippen molar-refractivity contribution in [3.05, 3.63) is 24.3 Å². The van der Waals surface area contributed by atoms with Gasteiger partial charge in [0.15, 0.2) is 0 Å². The molecular formula is C17H22N2O4. The van der Waals surface area contributed by atoms with Crippen LogP contribution in [0, 0.1) is 5.92 Å². The normalized spacial score (nSPS) is 17.2. The summed E-state index contributed by atoms with van der Waals surface area (Å²) < 4.78 is 4.71. The molecule has 1 aromatic rings. The van der Waals surface area contributed by atoms with Crippen molar-refractivity contribution in [1.82, 2.24) is 0 Å². The number of rotatable bonds is 6. The zero-order valence-corrected chi connectivity index (χ0v) is 13.5. The van der Waals surface area contributed by atoms with Gasteiger partial charge in [0.05, 0.1) is 13.0 Å². The zero-order valence-electron chi connectivity index (χ0n) is 13.5. The van der Waals surface area contributed by atoms with E-state index in [1.165, 1.54) is 7.11 Å². The molecule has 1 aliphatic rings. The molecule has 0 saturated carbocycles. The number of unbranched alkanes of at least 4 members (excludes halogenated alkanes) is 1. The summed E-state index contributed by atoms with van der Waals surface area (Å²) in [6, 6.07) is 7.11. The molecule has 23 heavy (non-hydrogen) atoms. The summed E-state index contributed by atoms with van der Waals surface area (Å²) in [4.78, 5) is 37.1. The fraction of sp³-hybridized carbons (Fsp3) is 0.471. The van der Waals surface area contributed by atoms with Gasteiger partial charge in [-0.05, 0) is 24.6 Å². The lowest BCUT2D eigenvalue weighted by atomic mass is 10.1. The van der Waals surface area contributed by atoms with Gasteiger partial charge in [-0.3, -0.25) is 14.4 Å². The van der Waals surface area contributed by atoms with Crippen LogP contribution in [0.25, 0.3) is 0 Å². The molecule has 0 aliphatic carbocycles. The van der Waals surface area contributed by atoms with Crippen LogP contribution in [0.4, 0.5) is 11.4 Å². The molecule has 0 radical (unpaired) electrons. The first-order chi connectivity index (χ1) is 11.0. The van der Waals surface area contributed by atoms with E-state index in [9.17, 15) is 14.4 Å². The van der Waals surface area contributed by atoms with Gasteiger partial charge < -0.3 is 15.0 Å². The molecule has 1 aromatic carbocycles. The van der Waals surface area contributed by atoms with Gasteiger partial charge in [-0.1, -0.05) is 19.4 Å². The van der Waals surface area contributed by atoms with E-state index in [0.29, 0.717) is 24.3 Å². The summed E-state index contributed by atoms with van der Waals surface area (Å²) in [5.41, 5.74) is 1.33. The number of carbonyl (C=O) groups excluding carboxylic acids is 3. The standard InChI is InChI=1S/C17H22N2O4/c1-3-4-8-15(20)18-13-6-5-7-14(10-13)19-11-12(9-16(19)21)17(22)23-2/h5-7,10,12H,3-4,8-9,11H2,1-2H3,(H,18,20)/t12-/m0/s1. The first-order valence-electron chi connectivity index (χ1n) is 7.83. The van der Waals surface area contributed by atoms with E-state index in [-0.39, 0.29) is 24.2 Å². The van der Waals surface area contributed by atoms with Crippen molar-refractivity contribution < 1.29 is 19.1 Å². The molecule has 1 N–H and O–H groups in total. The molecule has 0 unspecified atom stereocenters. The Morgan fingerprint density at radius 2 is 2.17 bits per heavy atom. The van der Waals surface area contributed by atoms with Gasteiger partial charge in [0.25, 0.3) is 0 Å². The van der Waals surface area contributed by atoms with Crippen molar-refractivity contribution >= 4 is 29.2 Å². The first kappa shape index (κ1) is 17.0. The average Bonchev–Trinajstić information content (AvgIpc) is 2.94. The van der Waals surface area contributed by atoms with Crippen LogP contribution in [0.5, 0.6) is 0 Å². The number of nitrogens with zero attached hydrogens (tertiary/aromatic N) is 1. The smallest absolute Gasteiger partial charge is 0.311 e. The minimum absolute atomic E-state index is 0.0378. The predicted octanol–water partition coefficient (Wildman–Crippen LogP) is 2.34. The van der Waals surface area contributed by atoms with E-state index in [4.69, 9.17) is 4.74 Å². The van der Waals surface area contributed by atoms with Gasteiger partial charge in [0, 0.05) is 30.8 Å². The monoisotopic (exact) mass is 318 g/mol. The second-order valence-electron chi connectivity index (χ2n) is 5.63. The number of hydrogen-bond donors (Lipinski definition) is 1. The summed E-state index contributed by atoms with van der Waals surface area (Å²) in [7, 11) is 1.32. The maximum atomic E-state index is 12.1. The van der Waals surface area contributed by atoms with Crippen molar-refractivity contribution in [1.29, 1.82) is 0 Å². The van der Waals surface area contributed by atoms with Crippen molar-refractivity contribution in [2.24, 2.45) is 5.92 Å². The van der Waals surface area contributed by atoms with Crippen molar-refractivity contribution in [3.63, 3.8) is 0 Å². The van der Waals surface area contributed by atoms with E-state index in [0.717, 1.165) is 12.8 Å². The number of esters is 1. The molecule has 6 nitrogen and oxygen atoms in total. The lowest BCUT2D eigenvalue weighted by Crippen LogP contribution is -2.26. The van der Waals surface area contributed by atoms with Crippen LogP contribution in [-0.4, -0.2) is 31.4 Å². The summed E-state index contributed by atoms with van der Waals surface area (Å²) in [5, 5.41) is 2.83. The van der Waals surface area contributed by atoms with Gasteiger partial charge in [0.2, 0.25) is 11.8 Å². The third kappa shape index (κ3) is 4.31. The maximum Gasteiger partial charge on any atom is 0.311 e. The van der Waals surface area contributed by atoms with Crippen LogP contribution in [0.2, 0.25) is 0 Å². The van der Waals surface area contributed by atoms with Crippen molar-refractivity contribution in [2.45, 2.75) is 32.6 Å². The number of methoxy groups -OCH3 is 1. The summed E-state index contributed by atoms with van der Waals surface area (Å²) in [5.74, 6) is -0.959. The molecule has 1 aliphatic heterocycles. The first-order valence-corrected chi connectivity index (χ1v) is 7.83. The number of ether oxygens (including phenoxy) is 1. The average molecular weight is 318 g/mol. The molecular weight excluding hydrogens is 296 g/mol. The fourth-order valence-electron chi connectivity index (χ4n) is 2.59. The lowest BCUT2D eigenvalue weighted by molar-refractivity contribution is -0.145. The highest BCUT2D eigenvalue weighted by Crippen LogP contribution is 2.27. The van der Waals surface area contributed by atoms with E-state index >= 15 is 0 Å². The minimum Gasteiger partial charge on any atom is -0.469 e. The van der Waals surface area contributed by atoms with Gasteiger partial charge >= 0.3 is 5.97 Å². The zero-order chi connectivity index (χ0) is 16.8. The molecule has 1 atom stereocenters. The molecule has 0 spiro atoms. The van der Waals surface area contributed by atoms with Gasteiger partial charge in [-0.2, -0.15) is 0 Å². The summed E-state index contributed by atoms with van der Waals surface area (Å²) in [6.07, 6.45) is 2.44. The number of nitrogens with one attached hydrogen (secondary N) is 1. The van der Waals surface area contributed by atoms with E-state index in [1.54, 1.807) is 29.2 Å². The van der Waals surface area contributed by atoms with Crippen LogP contribution in [0.15, 0.2) is 24.3 Å². The van der Waals surface area contributed by atoms with Gasteiger partial charge in [0.1, 0.15) is 0 Å². The van der Waals surface area contributed by atoms with Crippen molar-refractivity contribution in [3.8, 4) is 0 Å². The Morgan fingerprint density at radius 3 is 2.87 bits per heavy atom. The van der Waals surface area contributed by atoms with Crippen molar-refractivity contribution in [2.75, 3.05) is 23.9 Å². The fourth-order valence-corrected chi connectivity index (χ4v) is 2.59. The number of carbonyl (C=O) groups is 3. The molecule has 2 amide bonds. The summed E-state index contributed by atoms with van der Waals surface area (Å²) >= 11 is 0. The second-order valence-corrected chi connectivity index (χ2v) is 5.63. The third-order valence-corrected chi connectivity index (χ3v) is 3.86. The van der Waals surface area contributed by atoms with Crippen LogP contribution < -0.4 is 10.2 Å². The van der Waals surface area contributed by atoms with E-state index in [1.807, 2.05) is 6.92 Å². The predicted molar refractivity (Wildman–Crippen MR) is 87.1 cm³/mol. The molecule has 124 valence electrons. The van der Waals surface area contributed by atoms with Crippen LogP contribution in [0.3, 0.4) is 0 Å². The second kappa shape index (κ2) is 7.76. The number of anilines is 2. The molecule has 0 aromatic heterocycles. The highest BCUT2D eigenvalue weighted by molar-refractivity contribution is 6.00. The maximum absolute atomic E-state index is 12.1. The molecule has 2 rings (SSSR count). The quantitative estimate of drug-likeness (QED) is 0.817. The van der Waals surface area contributed by atoms with Gasteiger partial charge in [-0.25, -0.2) is 0 Å². The van der Waals surface area contributed by atoms with E-state index in [2.05, 4.69) is 5.32 Å². The Morgan fingerprint density at radius 1 is 1.39 bits per heavy atom. The largest absolute Gasteiger partial charge is 0.469 e. The third-order valence-electron chi connectivity index (χ3n) is 3.86. The number of amides is 2. The van der Waals surface area contributed by atoms with Crippen LogP contribution in [0.1, 0.15) is 32.6 Å². The highest BCUT2D eigenvalue weighted by atomic mass is 16.5. The Labute approximate surface area is 135 Å². The molecule has 0 bridgehead atoms. The van der Waals surface area contributed by atoms with E-state index < -0.39 is 5.92 Å². The molecule has 1 saturated heterocycles.